The summed E-state index contributed by atoms with van der Waals surface area (Å²) in [6, 6.07) is 15.8. The third-order valence-electron chi connectivity index (χ3n) is 4.16. The van der Waals surface area contributed by atoms with Gasteiger partial charge < -0.3 is 9.73 Å². The number of benzene rings is 2. The molecule has 1 aromatic heterocycles. The highest BCUT2D eigenvalue weighted by molar-refractivity contribution is 8.00. The van der Waals surface area contributed by atoms with E-state index >= 15 is 0 Å². The zero-order valence-electron chi connectivity index (χ0n) is 15.9. The van der Waals surface area contributed by atoms with Crippen LogP contribution in [0.1, 0.15) is 37.8 Å². The molecular formula is C21H23N3O2S. The normalized spacial score (nSPS) is 12.2. The Balaban J connectivity index is 1.61. The van der Waals surface area contributed by atoms with Crippen molar-refractivity contribution in [2.45, 2.75) is 44.1 Å². The van der Waals surface area contributed by atoms with E-state index in [0.29, 0.717) is 17.0 Å². The maximum Gasteiger partial charge on any atom is 0.277 e. The van der Waals surface area contributed by atoms with E-state index in [1.807, 2.05) is 62.4 Å². The van der Waals surface area contributed by atoms with Crippen molar-refractivity contribution in [1.29, 1.82) is 0 Å². The van der Waals surface area contributed by atoms with Crippen molar-refractivity contribution in [1.82, 2.24) is 10.2 Å². The molecule has 3 rings (SSSR count). The van der Waals surface area contributed by atoms with Crippen molar-refractivity contribution in [2.24, 2.45) is 0 Å². The molecule has 0 unspecified atom stereocenters. The minimum absolute atomic E-state index is 0.104. The Labute approximate surface area is 163 Å². The summed E-state index contributed by atoms with van der Waals surface area (Å²) in [6.07, 6.45) is 0. The molecule has 0 saturated heterocycles. The lowest BCUT2D eigenvalue weighted by molar-refractivity contribution is -0.115. The van der Waals surface area contributed by atoms with Gasteiger partial charge in [-0.1, -0.05) is 55.4 Å². The van der Waals surface area contributed by atoms with Gasteiger partial charge in [0.1, 0.15) is 0 Å². The van der Waals surface area contributed by atoms with Crippen LogP contribution >= 0.6 is 11.8 Å². The highest BCUT2D eigenvalue weighted by Gasteiger charge is 2.19. The second-order valence-electron chi connectivity index (χ2n) is 6.77. The Morgan fingerprint density at radius 3 is 2.48 bits per heavy atom. The fourth-order valence-corrected chi connectivity index (χ4v) is 3.24. The Hall–Kier alpha value is -2.60. The number of rotatable bonds is 6. The first-order valence-electron chi connectivity index (χ1n) is 8.90. The predicted octanol–water partition coefficient (Wildman–Crippen LogP) is 5.29. The number of aryl methyl sites for hydroxylation is 1. The number of carbonyl (C=O) groups excluding carboxylic acids is 1. The average Bonchev–Trinajstić information content (AvgIpc) is 3.10. The molecule has 0 aliphatic rings. The number of nitrogens with one attached hydrogen (secondary N) is 1. The summed E-state index contributed by atoms with van der Waals surface area (Å²) < 4.78 is 5.70. The van der Waals surface area contributed by atoms with E-state index in [1.54, 1.807) is 0 Å². The van der Waals surface area contributed by atoms with Crippen molar-refractivity contribution in [2.75, 3.05) is 5.32 Å². The summed E-state index contributed by atoms with van der Waals surface area (Å²) in [5.41, 5.74) is 4.01. The van der Waals surface area contributed by atoms with E-state index in [0.717, 1.165) is 16.8 Å². The molecule has 140 valence electrons. The molecule has 2 aromatic carbocycles. The van der Waals surface area contributed by atoms with Crippen molar-refractivity contribution in [3.8, 4) is 11.5 Å². The van der Waals surface area contributed by atoms with Crippen LogP contribution in [0.5, 0.6) is 0 Å². The van der Waals surface area contributed by atoms with E-state index in [2.05, 4.69) is 29.4 Å². The van der Waals surface area contributed by atoms with Crippen LogP contribution in [0.15, 0.2) is 58.2 Å². The fourth-order valence-electron chi connectivity index (χ4n) is 2.55. The van der Waals surface area contributed by atoms with Crippen LogP contribution in [0.3, 0.4) is 0 Å². The van der Waals surface area contributed by atoms with Crippen LogP contribution in [0.25, 0.3) is 11.5 Å². The lowest BCUT2D eigenvalue weighted by atomic mass is 10.0. The number of carbonyl (C=O) groups is 1. The summed E-state index contributed by atoms with van der Waals surface area (Å²) in [5, 5.41) is 11.1. The zero-order valence-corrected chi connectivity index (χ0v) is 16.7. The van der Waals surface area contributed by atoms with E-state index in [4.69, 9.17) is 4.42 Å². The molecule has 1 amide bonds. The number of hydrogen-bond acceptors (Lipinski definition) is 5. The molecule has 0 saturated carbocycles. The highest BCUT2D eigenvalue weighted by Crippen LogP contribution is 2.27. The molecule has 1 atom stereocenters. The van der Waals surface area contributed by atoms with E-state index in [1.165, 1.54) is 17.3 Å². The van der Waals surface area contributed by atoms with Crippen molar-refractivity contribution >= 4 is 23.4 Å². The Morgan fingerprint density at radius 2 is 1.81 bits per heavy atom. The van der Waals surface area contributed by atoms with Gasteiger partial charge in [-0.3, -0.25) is 4.79 Å². The maximum absolute atomic E-state index is 12.4. The molecule has 3 aromatic rings. The van der Waals surface area contributed by atoms with Gasteiger partial charge >= 0.3 is 0 Å². The van der Waals surface area contributed by atoms with Gasteiger partial charge in [-0.25, -0.2) is 0 Å². The van der Waals surface area contributed by atoms with Crippen molar-refractivity contribution in [3.63, 3.8) is 0 Å². The van der Waals surface area contributed by atoms with Gasteiger partial charge in [0.25, 0.3) is 5.22 Å². The minimum atomic E-state index is -0.361. The molecule has 27 heavy (non-hydrogen) atoms. The molecular weight excluding hydrogens is 358 g/mol. The number of amides is 1. The summed E-state index contributed by atoms with van der Waals surface area (Å²) >= 11 is 1.25. The molecule has 0 bridgehead atoms. The third kappa shape index (κ3) is 4.98. The average molecular weight is 382 g/mol. The molecule has 6 heteroatoms. The summed E-state index contributed by atoms with van der Waals surface area (Å²) in [4.78, 5) is 12.4. The van der Waals surface area contributed by atoms with Gasteiger partial charge in [-0.15, -0.1) is 10.2 Å². The second kappa shape index (κ2) is 8.39. The van der Waals surface area contributed by atoms with Gasteiger partial charge in [-0.05, 0) is 49.6 Å². The van der Waals surface area contributed by atoms with E-state index in [-0.39, 0.29) is 11.2 Å². The van der Waals surface area contributed by atoms with Gasteiger partial charge in [0.2, 0.25) is 11.8 Å². The van der Waals surface area contributed by atoms with Gasteiger partial charge in [-0.2, -0.15) is 0 Å². The van der Waals surface area contributed by atoms with Gasteiger partial charge in [0.05, 0.1) is 5.25 Å². The number of aromatic nitrogens is 2. The minimum Gasteiger partial charge on any atom is -0.411 e. The van der Waals surface area contributed by atoms with Crippen molar-refractivity contribution < 1.29 is 9.21 Å². The first kappa shape index (κ1) is 19.2. The smallest absolute Gasteiger partial charge is 0.277 e. The number of thioether (sulfide) groups is 1. The Kier molecular flexibility index (Phi) is 5.96. The topological polar surface area (TPSA) is 68.0 Å². The highest BCUT2D eigenvalue weighted by atomic mass is 32.2. The monoisotopic (exact) mass is 381 g/mol. The number of hydrogen-bond donors (Lipinski definition) is 1. The van der Waals surface area contributed by atoms with Crippen LogP contribution in [-0.4, -0.2) is 21.4 Å². The van der Waals surface area contributed by atoms with E-state index < -0.39 is 0 Å². The Morgan fingerprint density at radius 1 is 1.07 bits per heavy atom. The van der Waals surface area contributed by atoms with Gasteiger partial charge in [0, 0.05) is 11.3 Å². The molecule has 0 fully saturated rings. The molecule has 0 aliphatic carbocycles. The predicted molar refractivity (Wildman–Crippen MR) is 109 cm³/mol. The summed E-state index contributed by atoms with van der Waals surface area (Å²) in [7, 11) is 0. The second-order valence-corrected chi connectivity index (χ2v) is 8.06. The summed E-state index contributed by atoms with van der Waals surface area (Å²) in [5.74, 6) is 0.815. The zero-order chi connectivity index (χ0) is 19.4. The van der Waals surface area contributed by atoms with E-state index in [9.17, 15) is 4.79 Å². The van der Waals surface area contributed by atoms with Crippen LogP contribution < -0.4 is 5.32 Å². The van der Waals surface area contributed by atoms with Gasteiger partial charge in [0.15, 0.2) is 0 Å². The van der Waals surface area contributed by atoms with Crippen molar-refractivity contribution in [3.05, 3.63) is 59.7 Å². The molecule has 0 aliphatic heterocycles. The fraction of sp³-hybridized carbons (Fsp3) is 0.286. The van der Waals surface area contributed by atoms with Crippen LogP contribution in [0.4, 0.5) is 5.69 Å². The van der Waals surface area contributed by atoms with Crippen LogP contribution in [0.2, 0.25) is 0 Å². The molecule has 0 spiro atoms. The SMILES string of the molecule is Cc1cccc(-c2nnc(S[C@@H](C)C(=O)Nc3ccc(C(C)C)cc3)o2)c1. The largest absolute Gasteiger partial charge is 0.411 e. The lowest BCUT2D eigenvalue weighted by Crippen LogP contribution is -2.22. The quantitative estimate of drug-likeness (QED) is 0.588. The number of anilines is 1. The molecule has 0 radical (unpaired) electrons. The first-order chi connectivity index (χ1) is 12.9. The third-order valence-corrected chi connectivity index (χ3v) is 5.10. The molecule has 5 nitrogen and oxygen atoms in total. The maximum atomic E-state index is 12.4. The summed E-state index contributed by atoms with van der Waals surface area (Å²) in [6.45, 7) is 8.11. The van der Waals surface area contributed by atoms with Crippen LogP contribution in [0, 0.1) is 6.92 Å². The molecule has 1 heterocycles. The Bertz CT molecular complexity index is 919. The first-order valence-corrected chi connectivity index (χ1v) is 9.78. The number of nitrogens with zero attached hydrogens (tertiary/aromatic N) is 2. The lowest BCUT2D eigenvalue weighted by Gasteiger charge is -2.11. The molecule has 1 N–H and O–H groups in total. The standard InChI is InChI=1S/C21H23N3O2S/c1-13(2)16-8-10-18(11-9-16)22-19(25)15(4)27-21-24-23-20(26-21)17-7-5-6-14(3)12-17/h5-13,15H,1-4H3,(H,22,25)/t15-/m0/s1. The van der Waals surface area contributed by atoms with Crippen LogP contribution in [-0.2, 0) is 4.79 Å².